The number of nitrogens with one attached hydrogen (secondary N) is 1. The molecule has 32 heavy (non-hydrogen) atoms. The fourth-order valence-electron chi connectivity index (χ4n) is 3.75. The van der Waals surface area contributed by atoms with Gasteiger partial charge in [-0.25, -0.2) is 21.8 Å². The van der Waals surface area contributed by atoms with Crippen LogP contribution in [0, 0.1) is 0 Å². The number of hydrogen-bond acceptors (Lipinski definition) is 7. The number of amides is 1. The molecule has 4 rings (SSSR count). The summed E-state index contributed by atoms with van der Waals surface area (Å²) >= 11 is 0. The van der Waals surface area contributed by atoms with Crippen LogP contribution in [0.5, 0.6) is 0 Å². The second-order valence-electron chi connectivity index (χ2n) is 7.51. The first-order valence-electron chi connectivity index (χ1n) is 10.3. The van der Waals surface area contributed by atoms with Gasteiger partial charge in [-0.2, -0.15) is 8.61 Å². The highest BCUT2D eigenvalue weighted by molar-refractivity contribution is 7.89. The first kappa shape index (κ1) is 22.9. The number of H-pyrrole nitrogens is 1. The summed E-state index contributed by atoms with van der Waals surface area (Å²) in [5, 5.41) is 0.0225. The Balaban J connectivity index is 1.43. The maximum atomic E-state index is 13.0. The highest BCUT2D eigenvalue weighted by Crippen LogP contribution is 2.20. The molecular formula is C19H25N5O6S2. The lowest BCUT2D eigenvalue weighted by atomic mass is 10.2. The van der Waals surface area contributed by atoms with Crippen LogP contribution in [0.2, 0.25) is 0 Å². The van der Waals surface area contributed by atoms with Crippen molar-refractivity contribution in [3.63, 3.8) is 0 Å². The number of rotatable bonds is 5. The van der Waals surface area contributed by atoms with Gasteiger partial charge in [0.1, 0.15) is 0 Å². The summed E-state index contributed by atoms with van der Waals surface area (Å²) in [5.41, 5.74) is 0.357. The minimum Gasteiger partial charge on any atom is -0.379 e. The van der Waals surface area contributed by atoms with Crippen LogP contribution < -0.4 is 0 Å². The van der Waals surface area contributed by atoms with Gasteiger partial charge >= 0.3 is 0 Å². The Morgan fingerprint density at radius 1 is 0.875 bits per heavy atom. The predicted molar refractivity (Wildman–Crippen MR) is 114 cm³/mol. The largest absolute Gasteiger partial charge is 0.379 e. The molecule has 0 saturated carbocycles. The van der Waals surface area contributed by atoms with Crippen LogP contribution in [0.4, 0.5) is 0 Å². The summed E-state index contributed by atoms with van der Waals surface area (Å²) in [4.78, 5) is 21.1. The minimum atomic E-state index is -3.69. The Kier molecular flexibility index (Phi) is 6.62. The van der Waals surface area contributed by atoms with Crippen LogP contribution >= 0.6 is 0 Å². The van der Waals surface area contributed by atoms with Crippen molar-refractivity contribution in [2.45, 2.75) is 16.3 Å². The molecule has 1 aromatic heterocycles. The first-order chi connectivity index (χ1) is 15.3. The summed E-state index contributed by atoms with van der Waals surface area (Å²) in [7, 11) is -7.32. The number of benzene rings is 1. The van der Waals surface area contributed by atoms with Gasteiger partial charge in [0.15, 0.2) is 5.03 Å². The number of nitrogens with zero attached hydrogens (tertiary/aromatic N) is 4. The molecule has 2 aliphatic rings. The molecule has 0 aliphatic carbocycles. The topological polar surface area (TPSA) is 133 Å². The fourth-order valence-corrected chi connectivity index (χ4v) is 6.52. The molecule has 0 spiro atoms. The van der Waals surface area contributed by atoms with E-state index >= 15 is 0 Å². The van der Waals surface area contributed by atoms with E-state index in [4.69, 9.17) is 4.74 Å². The normalized spacial score (nSPS) is 19.6. The van der Waals surface area contributed by atoms with Crippen LogP contribution in [-0.4, -0.2) is 98.7 Å². The van der Waals surface area contributed by atoms with Crippen molar-refractivity contribution in [3.05, 3.63) is 42.4 Å². The Morgan fingerprint density at radius 2 is 1.56 bits per heavy atom. The summed E-state index contributed by atoms with van der Waals surface area (Å²) in [6.07, 6.45) is 3.06. The standard InChI is InChI=1S/C19H25N5O6S2/c25-19(16-2-4-17(5-3-16)31(26,27)24-10-12-30-13-11-24)22-6-1-7-23(9-8-22)32(28,29)18-14-20-15-21-18/h2-5,14-15H,1,6-13H2,(H,20,21). The number of carbonyl (C=O) groups excluding carboxylic acids is 1. The summed E-state index contributed by atoms with van der Waals surface area (Å²) in [6.45, 7) is 2.42. The SMILES string of the molecule is O=C(c1ccc(S(=O)(=O)N2CCOCC2)cc1)N1CCCN(S(=O)(=O)c2cnc[nH]2)CC1. The van der Waals surface area contributed by atoms with Gasteiger partial charge in [-0.1, -0.05) is 0 Å². The molecule has 0 unspecified atom stereocenters. The van der Waals surface area contributed by atoms with Crippen molar-refractivity contribution in [3.8, 4) is 0 Å². The van der Waals surface area contributed by atoms with E-state index in [2.05, 4.69) is 9.97 Å². The van der Waals surface area contributed by atoms with Gasteiger partial charge < -0.3 is 14.6 Å². The average Bonchev–Trinajstić information content (AvgIpc) is 3.25. The highest BCUT2D eigenvalue weighted by atomic mass is 32.2. The average molecular weight is 484 g/mol. The second-order valence-corrected chi connectivity index (χ2v) is 11.4. The lowest BCUT2D eigenvalue weighted by Gasteiger charge is -2.26. The van der Waals surface area contributed by atoms with E-state index in [1.807, 2.05) is 0 Å². The number of imidazole rings is 1. The van der Waals surface area contributed by atoms with Crippen LogP contribution in [0.1, 0.15) is 16.8 Å². The molecule has 1 amide bonds. The molecule has 174 valence electrons. The Bertz CT molecular complexity index is 1140. The lowest BCUT2D eigenvalue weighted by molar-refractivity contribution is 0.0730. The lowest BCUT2D eigenvalue weighted by Crippen LogP contribution is -2.40. The van der Waals surface area contributed by atoms with Gasteiger partial charge in [0, 0.05) is 44.8 Å². The van der Waals surface area contributed by atoms with Gasteiger partial charge in [0.05, 0.1) is 30.6 Å². The molecule has 11 nitrogen and oxygen atoms in total. The zero-order valence-corrected chi connectivity index (χ0v) is 19.0. The maximum absolute atomic E-state index is 13.0. The highest BCUT2D eigenvalue weighted by Gasteiger charge is 2.30. The maximum Gasteiger partial charge on any atom is 0.260 e. The molecule has 2 saturated heterocycles. The fraction of sp³-hybridized carbons (Fsp3) is 0.474. The molecule has 1 aromatic carbocycles. The van der Waals surface area contributed by atoms with Crippen LogP contribution in [0.3, 0.4) is 0 Å². The number of ether oxygens (including phenoxy) is 1. The number of carbonyl (C=O) groups is 1. The van der Waals surface area contributed by atoms with Crippen molar-refractivity contribution in [2.24, 2.45) is 0 Å². The van der Waals surface area contributed by atoms with Crippen LogP contribution in [-0.2, 0) is 24.8 Å². The first-order valence-corrected chi connectivity index (χ1v) is 13.1. The molecule has 2 fully saturated rings. The summed E-state index contributed by atoms with van der Waals surface area (Å²) in [5.74, 6) is -0.263. The van der Waals surface area contributed by atoms with Crippen molar-refractivity contribution >= 4 is 26.0 Å². The molecule has 2 aromatic rings. The minimum absolute atomic E-state index is 0.0225. The Hall–Kier alpha value is -2.32. The molecule has 3 heterocycles. The van der Waals surface area contributed by atoms with E-state index in [1.54, 1.807) is 4.90 Å². The smallest absolute Gasteiger partial charge is 0.260 e. The quantitative estimate of drug-likeness (QED) is 0.631. The second kappa shape index (κ2) is 9.27. The third kappa shape index (κ3) is 4.57. The number of aromatic amines is 1. The van der Waals surface area contributed by atoms with Crippen LogP contribution in [0.25, 0.3) is 0 Å². The van der Waals surface area contributed by atoms with E-state index in [0.717, 1.165) is 0 Å². The number of morpholine rings is 1. The van der Waals surface area contributed by atoms with Gasteiger partial charge in [0.2, 0.25) is 10.0 Å². The monoisotopic (exact) mass is 483 g/mol. The van der Waals surface area contributed by atoms with Gasteiger partial charge in [-0.15, -0.1) is 0 Å². The van der Waals surface area contributed by atoms with Gasteiger partial charge in [-0.3, -0.25) is 4.79 Å². The van der Waals surface area contributed by atoms with E-state index in [-0.39, 0.29) is 28.9 Å². The zero-order chi connectivity index (χ0) is 22.8. The van der Waals surface area contributed by atoms with Crippen molar-refractivity contribution in [1.82, 2.24) is 23.5 Å². The summed E-state index contributed by atoms with van der Waals surface area (Å²) in [6, 6.07) is 5.87. The Labute approximate surface area is 187 Å². The zero-order valence-electron chi connectivity index (χ0n) is 17.4. The third-order valence-electron chi connectivity index (χ3n) is 5.54. The molecule has 0 radical (unpaired) electrons. The van der Waals surface area contributed by atoms with E-state index in [9.17, 15) is 21.6 Å². The van der Waals surface area contributed by atoms with Gasteiger partial charge in [0.25, 0.3) is 15.9 Å². The molecule has 1 N–H and O–H groups in total. The number of sulfonamides is 2. The molecule has 13 heteroatoms. The molecule has 0 bridgehead atoms. The molecule has 0 atom stereocenters. The van der Waals surface area contributed by atoms with Gasteiger partial charge in [-0.05, 0) is 30.7 Å². The predicted octanol–water partition coefficient (Wildman–Crippen LogP) is -0.0326. The van der Waals surface area contributed by atoms with Crippen LogP contribution in [0.15, 0.2) is 46.7 Å². The van der Waals surface area contributed by atoms with Crippen molar-refractivity contribution in [1.29, 1.82) is 0 Å². The van der Waals surface area contributed by atoms with E-state index in [0.29, 0.717) is 51.4 Å². The van der Waals surface area contributed by atoms with Crippen molar-refractivity contribution in [2.75, 3.05) is 52.5 Å². The van der Waals surface area contributed by atoms with E-state index in [1.165, 1.54) is 45.4 Å². The summed E-state index contributed by atoms with van der Waals surface area (Å²) < 4.78 is 58.8. The number of hydrogen-bond donors (Lipinski definition) is 1. The molecule has 2 aliphatic heterocycles. The number of aromatic nitrogens is 2. The third-order valence-corrected chi connectivity index (χ3v) is 9.28. The van der Waals surface area contributed by atoms with E-state index < -0.39 is 20.0 Å². The Morgan fingerprint density at radius 3 is 2.22 bits per heavy atom. The van der Waals surface area contributed by atoms with Crippen molar-refractivity contribution < 1.29 is 26.4 Å². The molecular weight excluding hydrogens is 458 g/mol.